The van der Waals surface area contributed by atoms with Crippen LogP contribution in [0.2, 0.25) is 0 Å². The van der Waals surface area contributed by atoms with Gasteiger partial charge >= 0.3 is 0 Å². The van der Waals surface area contributed by atoms with Crippen molar-refractivity contribution >= 4 is 28.1 Å². The summed E-state index contributed by atoms with van der Waals surface area (Å²) in [5.74, 6) is -0.0708. The summed E-state index contributed by atoms with van der Waals surface area (Å²) < 4.78 is 5.75. The molecule has 104 valence electrons. The average Bonchev–Trinajstić information content (AvgIpc) is 2.87. The number of nitrogens with zero attached hydrogens (tertiary/aromatic N) is 1. The molecular weight excluding hydrogens is 326 g/mol. The molecule has 0 saturated heterocycles. The predicted molar refractivity (Wildman–Crippen MR) is 78.2 cm³/mol. The highest BCUT2D eigenvalue weighted by molar-refractivity contribution is 9.10. The van der Waals surface area contributed by atoms with Gasteiger partial charge in [-0.25, -0.2) is 5.43 Å². The van der Waals surface area contributed by atoms with Crippen LogP contribution >= 0.6 is 15.9 Å². The summed E-state index contributed by atoms with van der Waals surface area (Å²) >= 11 is 3.23. The van der Waals surface area contributed by atoms with Crippen molar-refractivity contribution in [1.29, 1.82) is 0 Å². The quantitative estimate of drug-likeness (QED) is 0.590. The van der Waals surface area contributed by atoms with Crippen molar-refractivity contribution in [2.45, 2.75) is 0 Å². The molecule has 20 heavy (non-hydrogen) atoms. The minimum absolute atomic E-state index is 0.0318. The zero-order valence-electron chi connectivity index (χ0n) is 10.6. The van der Waals surface area contributed by atoms with Gasteiger partial charge in [-0.2, -0.15) is 5.10 Å². The minimum atomic E-state index is -0.380. The average molecular weight is 338 g/mol. The molecule has 0 radical (unpaired) electrons. The molecule has 6 nitrogen and oxygen atoms in total. The number of carbonyl (C=O) groups excluding carboxylic acids is 1. The number of aromatic amines is 1. The Hall–Kier alpha value is -2.28. The Kier molecular flexibility index (Phi) is 4.41. The molecule has 0 bridgehead atoms. The van der Waals surface area contributed by atoms with Gasteiger partial charge in [-0.1, -0.05) is 6.07 Å². The number of rotatable bonds is 4. The summed E-state index contributed by atoms with van der Waals surface area (Å²) in [7, 11) is 1.46. The van der Waals surface area contributed by atoms with Gasteiger partial charge < -0.3 is 14.8 Å². The van der Waals surface area contributed by atoms with Gasteiger partial charge in [-0.3, -0.25) is 4.79 Å². The van der Waals surface area contributed by atoms with Crippen LogP contribution < -0.4 is 10.2 Å². The van der Waals surface area contributed by atoms with E-state index >= 15 is 0 Å². The van der Waals surface area contributed by atoms with Crippen molar-refractivity contribution in [3.8, 4) is 11.5 Å². The predicted octanol–water partition coefficient (Wildman–Crippen LogP) is 2.26. The first kappa shape index (κ1) is 14.1. The van der Waals surface area contributed by atoms with Crippen LogP contribution in [0.1, 0.15) is 16.1 Å². The smallest absolute Gasteiger partial charge is 0.287 e. The number of hydrazone groups is 1. The molecule has 1 aromatic heterocycles. The summed E-state index contributed by atoms with van der Waals surface area (Å²) in [6.45, 7) is 0. The number of para-hydroxylation sites is 1. The molecule has 0 spiro atoms. The van der Waals surface area contributed by atoms with Crippen molar-refractivity contribution in [3.05, 3.63) is 46.2 Å². The van der Waals surface area contributed by atoms with E-state index in [1.54, 1.807) is 30.5 Å². The van der Waals surface area contributed by atoms with E-state index in [0.29, 0.717) is 17.0 Å². The highest BCUT2D eigenvalue weighted by Gasteiger charge is 2.07. The molecule has 2 aromatic rings. The van der Waals surface area contributed by atoms with E-state index < -0.39 is 0 Å². The zero-order chi connectivity index (χ0) is 14.5. The molecule has 0 unspecified atom stereocenters. The fourth-order valence-electron chi connectivity index (χ4n) is 1.53. The third kappa shape index (κ3) is 3.18. The number of methoxy groups -OCH3 is 1. The summed E-state index contributed by atoms with van der Waals surface area (Å²) in [4.78, 5) is 14.5. The van der Waals surface area contributed by atoms with Crippen molar-refractivity contribution in [2.24, 2.45) is 5.10 Å². The lowest BCUT2D eigenvalue weighted by Crippen LogP contribution is -2.17. The first-order chi connectivity index (χ1) is 9.61. The second-order valence-corrected chi connectivity index (χ2v) is 4.74. The fourth-order valence-corrected chi connectivity index (χ4v) is 1.87. The Morgan fingerprint density at radius 1 is 1.55 bits per heavy atom. The number of ether oxygens (including phenoxy) is 1. The molecule has 0 aliphatic heterocycles. The number of carbonyl (C=O) groups is 1. The van der Waals surface area contributed by atoms with Crippen LogP contribution in [0, 0.1) is 0 Å². The Labute approximate surface area is 123 Å². The zero-order valence-corrected chi connectivity index (χ0v) is 12.1. The normalized spacial score (nSPS) is 10.7. The lowest BCUT2D eigenvalue weighted by atomic mass is 10.2. The topological polar surface area (TPSA) is 86.7 Å². The highest BCUT2D eigenvalue weighted by atomic mass is 79.9. The molecule has 2 rings (SSSR count). The number of hydrogen-bond acceptors (Lipinski definition) is 4. The second-order valence-electron chi connectivity index (χ2n) is 3.83. The number of halogens is 1. The van der Waals surface area contributed by atoms with Gasteiger partial charge in [0.05, 0.1) is 13.3 Å². The molecule has 1 heterocycles. The number of hydrogen-bond donors (Lipinski definition) is 3. The van der Waals surface area contributed by atoms with E-state index in [0.717, 1.165) is 4.47 Å². The molecule has 0 atom stereocenters. The van der Waals surface area contributed by atoms with Crippen LogP contribution in [-0.2, 0) is 0 Å². The number of phenols is 1. The van der Waals surface area contributed by atoms with E-state index in [1.165, 1.54) is 13.3 Å². The summed E-state index contributed by atoms with van der Waals surface area (Å²) in [6.07, 6.45) is 2.99. The molecule has 7 heteroatoms. The van der Waals surface area contributed by atoms with Gasteiger partial charge in [0, 0.05) is 16.2 Å². The number of amides is 1. The van der Waals surface area contributed by atoms with Crippen LogP contribution in [0.5, 0.6) is 11.5 Å². The minimum Gasteiger partial charge on any atom is -0.504 e. The standard InChI is InChI=1S/C13H12BrN3O3/c1-20-11-4-2-3-8(12(11)18)6-16-17-13(19)10-5-9(14)7-15-10/h2-7,15,18H,1H3,(H,17,19)/b16-6+. The number of aromatic hydroxyl groups is 1. The van der Waals surface area contributed by atoms with Crippen molar-refractivity contribution in [1.82, 2.24) is 10.4 Å². The van der Waals surface area contributed by atoms with Crippen LogP contribution in [0.15, 0.2) is 40.0 Å². The number of benzene rings is 1. The van der Waals surface area contributed by atoms with E-state index in [2.05, 4.69) is 31.4 Å². The van der Waals surface area contributed by atoms with E-state index in [4.69, 9.17) is 4.74 Å². The van der Waals surface area contributed by atoms with E-state index in [-0.39, 0.29) is 11.7 Å². The summed E-state index contributed by atoms with van der Waals surface area (Å²) in [5, 5.41) is 13.6. The van der Waals surface area contributed by atoms with Gasteiger partial charge in [0.2, 0.25) is 0 Å². The second kappa shape index (κ2) is 6.25. The Morgan fingerprint density at radius 3 is 3.00 bits per heavy atom. The molecule has 0 saturated carbocycles. The van der Waals surface area contributed by atoms with Crippen LogP contribution in [-0.4, -0.2) is 29.3 Å². The Balaban J connectivity index is 2.05. The molecule has 1 amide bonds. The molecule has 3 N–H and O–H groups in total. The highest BCUT2D eigenvalue weighted by Crippen LogP contribution is 2.27. The maximum absolute atomic E-state index is 11.7. The number of nitrogens with one attached hydrogen (secondary N) is 2. The van der Waals surface area contributed by atoms with E-state index in [9.17, 15) is 9.90 Å². The SMILES string of the molecule is COc1cccc(/C=N/NC(=O)c2cc(Br)c[nH]2)c1O. The molecular formula is C13H12BrN3O3. The number of aromatic nitrogens is 1. The fraction of sp³-hybridized carbons (Fsp3) is 0.0769. The third-order valence-electron chi connectivity index (χ3n) is 2.51. The Morgan fingerprint density at radius 2 is 2.35 bits per heavy atom. The molecule has 0 aliphatic rings. The van der Waals surface area contributed by atoms with Crippen LogP contribution in [0.4, 0.5) is 0 Å². The van der Waals surface area contributed by atoms with Crippen LogP contribution in [0.25, 0.3) is 0 Å². The lowest BCUT2D eigenvalue weighted by molar-refractivity contribution is 0.0950. The Bertz CT molecular complexity index is 652. The van der Waals surface area contributed by atoms with Gasteiger partial charge in [-0.05, 0) is 34.1 Å². The third-order valence-corrected chi connectivity index (χ3v) is 2.97. The summed E-state index contributed by atoms with van der Waals surface area (Å²) in [5.41, 5.74) is 3.17. The van der Waals surface area contributed by atoms with Crippen molar-refractivity contribution in [2.75, 3.05) is 7.11 Å². The summed E-state index contributed by atoms with van der Waals surface area (Å²) in [6, 6.07) is 6.62. The van der Waals surface area contributed by atoms with Gasteiger partial charge in [-0.15, -0.1) is 0 Å². The van der Waals surface area contributed by atoms with Crippen molar-refractivity contribution in [3.63, 3.8) is 0 Å². The first-order valence-corrected chi connectivity index (χ1v) is 6.44. The molecule has 1 aromatic carbocycles. The van der Waals surface area contributed by atoms with Crippen LogP contribution in [0.3, 0.4) is 0 Å². The molecule has 0 aliphatic carbocycles. The monoisotopic (exact) mass is 337 g/mol. The van der Waals surface area contributed by atoms with Gasteiger partial charge in [0.15, 0.2) is 11.5 Å². The number of H-pyrrole nitrogens is 1. The largest absolute Gasteiger partial charge is 0.504 e. The first-order valence-electron chi connectivity index (χ1n) is 5.65. The van der Waals surface area contributed by atoms with Gasteiger partial charge in [0.25, 0.3) is 5.91 Å². The van der Waals surface area contributed by atoms with E-state index in [1.807, 2.05) is 0 Å². The molecule has 0 fully saturated rings. The number of phenolic OH excluding ortho intramolecular Hbond substituents is 1. The maximum atomic E-state index is 11.7. The van der Waals surface area contributed by atoms with Crippen molar-refractivity contribution < 1.29 is 14.6 Å². The van der Waals surface area contributed by atoms with Gasteiger partial charge in [0.1, 0.15) is 5.69 Å². The lowest BCUT2D eigenvalue weighted by Gasteiger charge is -2.04. The maximum Gasteiger partial charge on any atom is 0.287 e.